The van der Waals surface area contributed by atoms with Crippen LogP contribution in [0, 0.1) is 11.3 Å². The van der Waals surface area contributed by atoms with Crippen LogP contribution in [0.2, 0.25) is 5.15 Å². The van der Waals surface area contributed by atoms with Gasteiger partial charge in [0.05, 0.1) is 4.88 Å². The minimum atomic E-state index is 0.231. The van der Waals surface area contributed by atoms with Crippen molar-refractivity contribution >= 4 is 34.7 Å². The van der Waals surface area contributed by atoms with Crippen LogP contribution in [0.5, 0.6) is 0 Å². The number of aromatic nitrogens is 2. The molecule has 2 heterocycles. The number of hydrogen-bond donors (Lipinski definition) is 0. The average molecular weight is 296 g/mol. The molecule has 0 aliphatic rings. The number of hydrogen-bond acceptors (Lipinski definition) is 5. The molecule has 2 aromatic heterocycles. The van der Waals surface area contributed by atoms with Crippen molar-refractivity contribution in [1.82, 2.24) is 9.97 Å². The lowest BCUT2D eigenvalue weighted by molar-refractivity contribution is 0.963. The van der Waals surface area contributed by atoms with Gasteiger partial charge in [-0.05, 0) is 17.9 Å². The molecule has 0 atom stereocenters. The maximum absolute atomic E-state index is 9.15. The molecule has 0 aliphatic heterocycles. The third kappa shape index (κ3) is 2.83. The van der Waals surface area contributed by atoms with Gasteiger partial charge < -0.3 is 0 Å². The Balaban J connectivity index is 2.48. The Kier molecular flexibility index (Phi) is 4.59. The molecular formula is C12H10ClN3S2. The van der Waals surface area contributed by atoms with Crippen LogP contribution in [0.4, 0.5) is 0 Å². The molecule has 6 heteroatoms. The molecule has 0 spiro atoms. The smallest absolute Gasteiger partial charge is 0.189 e. The third-order valence-corrected chi connectivity index (χ3v) is 4.35. The third-order valence-electron chi connectivity index (χ3n) is 2.15. The molecule has 0 fully saturated rings. The standard InChI is InChI=1S/C12H10ClN3S2/c1-2-5-18-12-15-10(9-4-3-6-17-9)8(7-14)11(13)16-12/h3-4,6H,2,5H2,1H3. The molecule has 0 saturated heterocycles. The lowest BCUT2D eigenvalue weighted by atomic mass is 10.2. The minimum Gasteiger partial charge on any atom is -0.220 e. The predicted octanol–water partition coefficient (Wildman–Crippen LogP) is 4.23. The summed E-state index contributed by atoms with van der Waals surface area (Å²) in [6, 6.07) is 5.93. The Hall–Kier alpha value is -1.09. The summed E-state index contributed by atoms with van der Waals surface area (Å²) in [5.41, 5.74) is 0.978. The monoisotopic (exact) mass is 295 g/mol. The summed E-state index contributed by atoms with van der Waals surface area (Å²) in [5, 5.41) is 12.0. The highest BCUT2D eigenvalue weighted by atomic mass is 35.5. The van der Waals surface area contributed by atoms with Crippen LogP contribution in [-0.4, -0.2) is 15.7 Å². The lowest BCUT2D eigenvalue weighted by Gasteiger charge is -2.05. The quantitative estimate of drug-likeness (QED) is 0.481. The molecule has 0 aromatic carbocycles. The summed E-state index contributed by atoms with van der Waals surface area (Å²) in [5.74, 6) is 0.937. The summed E-state index contributed by atoms with van der Waals surface area (Å²) in [7, 11) is 0. The van der Waals surface area contributed by atoms with E-state index in [0.717, 1.165) is 17.1 Å². The molecule has 2 aromatic rings. The van der Waals surface area contributed by atoms with Crippen LogP contribution in [0.25, 0.3) is 10.6 Å². The van der Waals surface area contributed by atoms with Gasteiger partial charge in [0, 0.05) is 5.75 Å². The van der Waals surface area contributed by atoms with Crippen LogP contribution < -0.4 is 0 Å². The normalized spacial score (nSPS) is 10.3. The number of halogens is 1. The van der Waals surface area contributed by atoms with E-state index in [4.69, 9.17) is 16.9 Å². The molecule has 0 amide bonds. The van der Waals surface area contributed by atoms with Gasteiger partial charge in [0.15, 0.2) is 10.3 Å². The first kappa shape index (κ1) is 13.3. The number of rotatable bonds is 4. The van der Waals surface area contributed by atoms with E-state index in [1.54, 1.807) is 11.8 Å². The van der Waals surface area contributed by atoms with Crippen molar-refractivity contribution in [3.05, 3.63) is 28.2 Å². The summed E-state index contributed by atoms with van der Waals surface area (Å²) >= 11 is 9.14. The Bertz CT molecular complexity index is 576. The first-order valence-corrected chi connectivity index (χ1v) is 7.65. The van der Waals surface area contributed by atoms with Gasteiger partial charge in [-0.25, -0.2) is 9.97 Å². The Morgan fingerprint density at radius 2 is 2.33 bits per heavy atom. The fraction of sp³-hybridized carbons (Fsp3) is 0.250. The van der Waals surface area contributed by atoms with Crippen LogP contribution >= 0.6 is 34.7 Å². The second kappa shape index (κ2) is 6.19. The van der Waals surface area contributed by atoms with Gasteiger partial charge in [0.1, 0.15) is 17.3 Å². The second-order valence-electron chi connectivity index (χ2n) is 3.46. The zero-order valence-electron chi connectivity index (χ0n) is 9.68. The topological polar surface area (TPSA) is 49.6 Å². The van der Waals surface area contributed by atoms with Crippen molar-refractivity contribution in [2.45, 2.75) is 18.5 Å². The zero-order valence-corrected chi connectivity index (χ0v) is 12.1. The second-order valence-corrected chi connectivity index (χ2v) is 5.83. The zero-order chi connectivity index (χ0) is 13.0. The number of nitriles is 1. The van der Waals surface area contributed by atoms with E-state index in [-0.39, 0.29) is 5.15 Å². The lowest BCUT2D eigenvalue weighted by Crippen LogP contribution is -1.96. The molecule has 0 unspecified atom stereocenters. The molecule has 0 saturated carbocycles. The van der Waals surface area contributed by atoms with Crippen molar-refractivity contribution in [3.63, 3.8) is 0 Å². The summed E-state index contributed by atoms with van der Waals surface area (Å²) in [4.78, 5) is 9.53. The molecule has 92 valence electrons. The highest BCUT2D eigenvalue weighted by Crippen LogP contribution is 2.31. The molecule has 18 heavy (non-hydrogen) atoms. The van der Waals surface area contributed by atoms with E-state index < -0.39 is 0 Å². The van der Waals surface area contributed by atoms with Gasteiger partial charge in [0.25, 0.3) is 0 Å². The molecule has 0 radical (unpaired) electrons. The molecule has 0 N–H and O–H groups in total. The van der Waals surface area contributed by atoms with Crippen molar-refractivity contribution in [2.75, 3.05) is 5.75 Å². The Morgan fingerprint density at radius 3 is 2.94 bits per heavy atom. The van der Waals surface area contributed by atoms with Crippen LogP contribution in [0.15, 0.2) is 22.7 Å². The number of thiophene rings is 1. The predicted molar refractivity (Wildman–Crippen MR) is 76.1 cm³/mol. The van der Waals surface area contributed by atoms with E-state index in [2.05, 4.69) is 23.0 Å². The van der Waals surface area contributed by atoms with E-state index in [0.29, 0.717) is 16.4 Å². The minimum absolute atomic E-state index is 0.231. The van der Waals surface area contributed by atoms with Crippen LogP contribution in [-0.2, 0) is 0 Å². The van der Waals surface area contributed by atoms with Gasteiger partial charge >= 0.3 is 0 Å². The van der Waals surface area contributed by atoms with Gasteiger partial charge in [-0.2, -0.15) is 5.26 Å². The average Bonchev–Trinajstić information content (AvgIpc) is 2.89. The van der Waals surface area contributed by atoms with E-state index in [1.807, 2.05) is 17.5 Å². The van der Waals surface area contributed by atoms with Crippen molar-refractivity contribution in [2.24, 2.45) is 0 Å². The van der Waals surface area contributed by atoms with Crippen molar-refractivity contribution in [3.8, 4) is 16.6 Å². The Labute approximate surface area is 119 Å². The molecule has 0 aliphatic carbocycles. The first-order valence-electron chi connectivity index (χ1n) is 5.40. The van der Waals surface area contributed by atoms with E-state index in [9.17, 15) is 0 Å². The van der Waals surface area contributed by atoms with Crippen molar-refractivity contribution in [1.29, 1.82) is 5.26 Å². The molecule has 0 bridgehead atoms. The van der Waals surface area contributed by atoms with Gasteiger partial charge in [-0.15, -0.1) is 11.3 Å². The largest absolute Gasteiger partial charge is 0.220 e. The summed E-state index contributed by atoms with van der Waals surface area (Å²) in [6.07, 6.45) is 1.04. The van der Waals surface area contributed by atoms with Gasteiger partial charge in [0.2, 0.25) is 0 Å². The van der Waals surface area contributed by atoms with Crippen LogP contribution in [0.1, 0.15) is 18.9 Å². The summed E-state index contributed by atoms with van der Waals surface area (Å²) in [6.45, 7) is 2.10. The highest BCUT2D eigenvalue weighted by molar-refractivity contribution is 7.99. The van der Waals surface area contributed by atoms with E-state index in [1.165, 1.54) is 11.3 Å². The van der Waals surface area contributed by atoms with Gasteiger partial charge in [-0.3, -0.25) is 0 Å². The van der Waals surface area contributed by atoms with Crippen molar-refractivity contribution < 1.29 is 0 Å². The fourth-order valence-corrected chi connectivity index (χ4v) is 3.04. The highest BCUT2D eigenvalue weighted by Gasteiger charge is 2.15. The molecular weight excluding hydrogens is 286 g/mol. The van der Waals surface area contributed by atoms with E-state index >= 15 is 0 Å². The first-order chi connectivity index (χ1) is 8.76. The maximum atomic E-state index is 9.15. The fourth-order valence-electron chi connectivity index (χ4n) is 1.36. The number of thioether (sulfide) groups is 1. The summed E-state index contributed by atoms with van der Waals surface area (Å²) < 4.78 is 0. The SMILES string of the molecule is CCCSc1nc(Cl)c(C#N)c(-c2cccs2)n1. The van der Waals surface area contributed by atoms with Crippen LogP contribution in [0.3, 0.4) is 0 Å². The van der Waals surface area contributed by atoms with Gasteiger partial charge in [-0.1, -0.05) is 36.4 Å². The number of nitrogens with zero attached hydrogens (tertiary/aromatic N) is 3. The molecule has 2 rings (SSSR count). The Morgan fingerprint density at radius 1 is 1.50 bits per heavy atom. The molecule has 3 nitrogen and oxygen atoms in total. The maximum Gasteiger partial charge on any atom is 0.189 e.